The van der Waals surface area contributed by atoms with Gasteiger partial charge in [0, 0.05) is 6.42 Å². The van der Waals surface area contributed by atoms with Gasteiger partial charge in [0.05, 0.1) is 32.0 Å². The van der Waals surface area contributed by atoms with E-state index in [2.05, 4.69) is 116 Å². The third kappa shape index (κ3) is 40.9. The number of ether oxygens (including phenoxy) is 4. The quantitative estimate of drug-likeness (QED) is 0.0204. The Morgan fingerprint density at radius 1 is 0.425 bits per heavy atom. The van der Waals surface area contributed by atoms with Crippen LogP contribution in [0.1, 0.15) is 251 Å². The highest BCUT2D eigenvalue weighted by atomic mass is 16.7. The van der Waals surface area contributed by atoms with Crippen LogP contribution in [0.5, 0.6) is 0 Å². The van der Waals surface area contributed by atoms with Gasteiger partial charge in [-0.1, -0.05) is 271 Å². The molecule has 0 aliphatic carbocycles. The zero-order chi connectivity index (χ0) is 63.1. The van der Waals surface area contributed by atoms with E-state index in [0.717, 1.165) is 96.3 Å². The molecule has 1 amide bonds. The Morgan fingerprint density at radius 2 is 0.793 bits per heavy atom. The fraction of sp³-hybridized carbons (Fsp3) is 0.740. The summed E-state index contributed by atoms with van der Waals surface area (Å²) in [6, 6.07) is -0.922. The SMILES string of the molecule is CC/C=C\C/C=C\C/C=C\C/C=C\C/C=C\C/C=C\C/C=C\C/C=C\CCCCCCCCCCCCCCC(=O)NC(COC1OC(CO)C(OC2OC(CO)C(O)C(O)C2O)C(O)C1O)C(O)/C=C/CCCCCCCCCCCCCCCC. The zero-order valence-electron chi connectivity index (χ0n) is 54.2. The van der Waals surface area contributed by atoms with Crippen molar-refractivity contribution in [3.05, 3.63) is 109 Å². The van der Waals surface area contributed by atoms with E-state index in [1.54, 1.807) is 6.08 Å². The molecule has 2 saturated heterocycles. The van der Waals surface area contributed by atoms with Gasteiger partial charge in [0.1, 0.15) is 48.8 Å². The van der Waals surface area contributed by atoms with Crippen molar-refractivity contribution in [2.45, 2.75) is 325 Å². The van der Waals surface area contributed by atoms with Crippen molar-refractivity contribution in [2.75, 3.05) is 19.8 Å². The number of amides is 1. The maximum Gasteiger partial charge on any atom is 0.220 e. The summed E-state index contributed by atoms with van der Waals surface area (Å²) in [6.07, 6.45) is 64.2. The molecule has 0 bridgehead atoms. The Balaban J connectivity index is 1.64. The van der Waals surface area contributed by atoms with Gasteiger partial charge in [-0.15, -0.1) is 0 Å². The van der Waals surface area contributed by atoms with Gasteiger partial charge >= 0.3 is 0 Å². The van der Waals surface area contributed by atoms with E-state index < -0.39 is 86.8 Å². The summed E-state index contributed by atoms with van der Waals surface area (Å²) in [5, 5.41) is 87.3. The zero-order valence-corrected chi connectivity index (χ0v) is 54.2. The van der Waals surface area contributed by atoms with Crippen molar-refractivity contribution in [3.63, 3.8) is 0 Å². The van der Waals surface area contributed by atoms with E-state index >= 15 is 0 Å². The lowest BCUT2D eigenvalue weighted by atomic mass is 9.97. The number of allylic oxidation sites excluding steroid dienone is 17. The van der Waals surface area contributed by atoms with Gasteiger partial charge in [0.25, 0.3) is 0 Å². The predicted molar refractivity (Wildman–Crippen MR) is 355 cm³/mol. The van der Waals surface area contributed by atoms with Crippen molar-refractivity contribution < 1.29 is 64.6 Å². The van der Waals surface area contributed by atoms with Crippen molar-refractivity contribution in [3.8, 4) is 0 Å². The monoisotopic (exact) mass is 1220 g/mol. The molecular formula is C73H125NO13. The van der Waals surface area contributed by atoms with Gasteiger partial charge in [-0.25, -0.2) is 0 Å². The highest BCUT2D eigenvalue weighted by Crippen LogP contribution is 2.30. The first kappa shape index (κ1) is 79.7. The fourth-order valence-electron chi connectivity index (χ4n) is 10.7. The van der Waals surface area contributed by atoms with Gasteiger partial charge < -0.3 is 65.1 Å². The Labute approximate surface area is 527 Å². The molecule has 0 aromatic heterocycles. The van der Waals surface area contributed by atoms with Crippen LogP contribution in [-0.4, -0.2) is 140 Å². The smallest absolute Gasteiger partial charge is 0.220 e. The first-order valence-electron chi connectivity index (χ1n) is 34.6. The summed E-state index contributed by atoms with van der Waals surface area (Å²) in [5.41, 5.74) is 0. The molecule has 9 N–H and O–H groups in total. The topological polar surface area (TPSA) is 228 Å². The largest absolute Gasteiger partial charge is 0.394 e. The molecule has 12 unspecified atom stereocenters. The van der Waals surface area contributed by atoms with Crippen molar-refractivity contribution in [2.24, 2.45) is 0 Å². The summed E-state index contributed by atoms with van der Waals surface area (Å²) < 4.78 is 22.8. The number of carbonyl (C=O) groups excluding carboxylic acids is 1. The number of unbranched alkanes of at least 4 members (excludes halogenated alkanes) is 26. The second kappa shape index (κ2) is 56.6. The predicted octanol–water partition coefficient (Wildman–Crippen LogP) is 14.0. The highest BCUT2D eigenvalue weighted by molar-refractivity contribution is 5.76. The molecule has 2 fully saturated rings. The fourth-order valence-corrected chi connectivity index (χ4v) is 10.7. The molecule has 0 saturated carbocycles. The molecule has 14 heteroatoms. The number of aliphatic hydroxyl groups excluding tert-OH is 8. The molecule has 0 aromatic rings. The second-order valence-electron chi connectivity index (χ2n) is 23.9. The van der Waals surface area contributed by atoms with Crippen molar-refractivity contribution in [1.29, 1.82) is 0 Å². The number of hydrogen-bond acceptors (Lipinski definition) is 13. The third-order valence-corrected chi connectivity index (χ3v) is 16.2. The molecule has 500 valence electrons. The number of nitrogens with one attached hydrogen (secondary N) is 1. The molecule has 2 heterocycles. The lowest BCUT2D eigenvalue weighted by molar-refractivity contribution is -0.359. The lowest BCUT2D eigenvalue weighted by Crippen LogP contribution is -2.65. The van der Waals surface area contributed by atoms with E-state index in [-0.39, 0.29) is 18.9 Å². The molecule has 14 nitrogen and oxygen atoms in total. The van der Waals surface area contributed by atoms with Crippen LogP contribution in [0.25, 0.3) is 0 Å². The van der Waals surface area contributed by atoms with Crippen LogP contribution < -0.4 is 5.32 Å². The number of aliphatic hydroxyl groups is 8. The minimum absolute atomic E-state index is 0.244. The molecule has 0 aromatic carbocycles. The molecule has 2 aliphatic rings. The van der Waals surface area contributed by atoms with E-state index in [4.69, 9.17) is 18.9 Å². The summed E-state index contributed by atoms with van der Waals surface area (Å²) in [5.74, 6) is -0.244. The highest BCUT2D eigenvalue weighted by Gasteiger charge is 2.51. The second-order valence-corrected chi connectivity index (χ2v) is 23.9. The van der Waals surface area contributed by atoms with E-state index in [1.807, 2.05) is 6.08 Å². The van der Waals surface area contributed by atoms with Gasteiger partial charge in [0.2, 0.25) is 5.91 Å². The van der Waals surface area contributed by atoms with Crippen LogP contribution in [0.3, 0.4) is 0 Å². The van der Waals surface area contributed by atoms with E-state index in [1.165, 1.54) is 128 Å². The third-order valence-electron chi connectivity index (χ3n) is 16.2. The first-order chi connectivity index (χ1) is 42.6. The number of carbonyl (C=O) groups is 1. The Morgan fingerprint density at radius 3 is 1.22 bits per heavy atom. The van der Waals surface area contributed by atoms with Crippen LogP contribution in [0, 0.1) is 0 Å². The van der Waals surface area contributed by atoms with E-state index in [0.29, 0.717) is 6.42 Å². The van der Waals surface area contributed by atoms with Crippen LogP contribution in [-0.2, 0) is 23.7 Å². The molecule has 0 radical (unpaired) electrons. The molecular weight excluding hydrogens is 1100 g/mol. The average molecular weight is 1220 g/mol. The summed E-state index contributed by atoms with van der Waals surface area (Å²) >= 11 is 0. The first-order valence-corrected chi connectivity index (χ1v) is 34.6. The standard InChI is InChI=1S/C73H125NO13/c1-3-5-7-9-11-13-15-17-19-21-22-23-24-25-26-27-28-29-30-31-32-33-34-35-36-37-38-39-40-41-43-45-47-49-51-53-55-57-65(78)74-61(62(77)56-54-52-50-48-46-44-42-20-18-16-14-12-10-8-6-4-2)60-84-72-70(83)68(81)71(64(59-76)86-72)87-73-69(82)67(80)66(79)63(58-75)85-73/h5,7,11,13,17,19,22-23,25-26,28-29,31-32,34-35,54,56,61-64,66-73,75-77,79-83H,3-4,6,8-10,12,14-16,18,20-21,24,27,30,33,36-53,55,57-60H2,1-2H3,(H,74,78)/b7-5-,13-11-,19-17-,23-22-,26-25-,29-28-,32-31-,35-34-,56-54+. The Kier molecular flexibility index (Phi) is 51.9. The van der Waals surface area contributed by atoms with Gasteiger partial charge in [-0.2, -0.15) is 0 Å². The molecule has 87 heavy (non-hydrogen) atoms. The van der Waals surface area contributed by atoms with Gasteiger partial charge in [0.15, 0.2) is 12.6 Å². The number of rotatable bonds is 55. The molecule has 2 aliphatic heterocycles. The van der Waals surface area contributed by atoms with Crippen molar-refractivity contribution in [1.82, 2.24) is 5.32 Å². The van der Waals surface area contributed by atoms with Gasteiger partial charge in [-0.05, 0) is 83.5 Å². The summed E-state index contributed by atoms with van der Waals surface area (Å²) in [6.45, 7) is 2.69. The Hall–Kier alpha value is -3.35. The molecule has 12 atom stereocenters. The van der Waals surface area contributed by atoms with Crippen LogP contribution in [0.15, 0.2) is 109 Å². The average Bonchev–Trinajstić information content (AvgIpc) is 2.36. The van der Waals surface area contributed by atoms with Gasteiger partial charge in [-0.3, -0.25) is 4.79 Å². The Bertz CT molecular complexity index is 1880. The molecule has 2 rings (SSSR count). The number of hydrogen-bond donors (Lipinski definition) is 9. The van der Waals surface area contributed by atoms with Crippen LogP contribution >= 0.6 is 0 Å². The lowest BCUT2D eigenvalue weighted by Gasteiger charge is -2.46. The normalized spacial score (nSPS) is 24.0. The van der Waals surface area contributed by atoms with Crippen LogP contribution in [0.2, 0.25) is 0 Å². The maximum absolute atomic E-state index is 13.3. The van der Waals surface area contributed by atoms with E-state index in [9.17, 15) is 45.6 Å². The summed E-state index contributed by atoms with van der Waals surface area (Å²) in [7, 11) is 0. The summed E-state index contributed by atoms with van der Waals surface area (Å²) in [4.78, 5) is 13.3. The van der Waals surface area contributed by atoms with Crippen LogP contribution in [0.4, 0.5) is 0 Å². The van der Waals surface area contributed by atoms with Crippen molar-refractivity contribution >= 4 is 5.91 Å². The molecule has 0 spiro atoms. The minimum Gasteiger partial charge on any atom is -0.394 e. The maximum atomic E-state index is 13.3. The minimum atomic E-state index is -1.79.